The predicted molar refractivity (Wildman–Crippen MR) is 67.3 cm³/mol. The molecular formula is C12H15ClF2N2O2. The standard InChI is InChI=1S/C12H15ClF2N2O2/c13-10-1-2-11(19-12(14)15)9(7-10)8-16-17-3-5-18-6-4-17/h1-2,7,12,16H,3-6,8H2. The Morgan fingerprint density at radius 3 is 2.79 bits per heavy atom. The highest BCUT2D eigenvalue weighted by atomic mass is 35.5. The van der Waals surface area contributed by atoms with Crippen LogP contribution in [0.5, 0.6) is 5.75 Å². The number of morpholine rings is 1. The molecule has 0 aliphatic carbocycles. The lowest BCUT2D eigenvalue weighted by molar-refractivity contribution is -0.0508. The van der Waals surface area contributed by atoms with Crippen molar-refractivity contribution in [1.82, 2.24) is 10.4 Å². The molecule has 1 fully saturated rings. The van der Waals surface area contributed by atoms with Gasteiger partial charge in [0.15, 0.2) is 0 Å². The third-order valence-corrected chi connectivity index (χ3v) is 2.98. The summed E-state index contributed by atoms with van der Waals surface area (Å²) in [5.74, 6) is 0.139. The zero-order valence-electron chi connectivity index (χ0n) is 10.2. The zero-order valence-corrected chi connectivity index (χ0v) is 11.0. The summed E-state index contributed by atoms with van der Waals surface area (Å²) in [7, 11) is 0. The Morgan fingerprint density at radius 2 is 2.11 bits per heavy atom. The summed E-state index contributed by atoms with van der Waals surface area (Å²) in [6, 6.07) is 4.59. The van der Waals surface area contributed by atoms with Crippen LogP contribution >= 0.6 is 11.6 Å². The molecule has 0 amide bonds. The molecule has 1 heterocycles. The van der Waals surface area contributed by atoms with Crippen LogP contribution in [0.1, 0.15) is 5.56 Å². The molecule has 7 heteroatoms. The maximum absolute atomic E-state index is 12.3. The molecule has 4 nitrogen and oxygen atoms in total. The van der Waals surface area contributed by atoms with E-state index in [0.29, 0.717) is 30.3 Å². The van der Waals surface area contributed by atoms with Gasteiger partial charge in [0.05, 0.1) is 13.2 Å². The SMILES string of the molecule is FC(F)Oc1ccc(Cl)cc1CNN1CCOCC1. The highest BCUT2D eigenvalue weighted by Crippen LogP contribution is 2.24. The third kappa shape index (κ3) is 4.58. The van der Waals surface area contributed by atoms with Gasteiger partial charge >= 0.3 is 6.61 Å². The van der Waals surface area contributed by atoms with Crippen LogP contribution in [0, 0.1) is 0 Å². The van der Waals surface area contributed by atoms with E-state index in [2.05, 4.69) is 10.2 Å². The van der Waals surface area contributed by atoms with E-state index in [1.54, 1.807) is 6.07 Å². The van der Waals surface area contributed by atoms with Crippen LogP contribution in [0.15, 0.2) is 18.2 Å². The van der Waals surface area contributed by atoms with Crippen molar-refractivity contribution in [3.8, 4) is 5.75 Å². The Morgan fingerprint density at radius 1 is 1.37 bits per heavy atom. The van der Waals surface area contributed by atoms with Gasteiger partial charge in [0.25, 0.3) is 0 Å². The quantitative estimate of drug-likeness (QED) is 0.903. The van der Waals surface area contributed by atoms with Gasteiger partial charge < -0.3 is 9.47 Å². The maximum Gasteiger partial charge on any atom is 0.387 e. The number of ether oxygens (including phenoxy) is 2. The van der Waals surface area contributed by atoms with Gasteiger partial charge in [-0.1, -0.05) is 11.6 Å². The molecule has 0 aromatic heterocycles. The molecule has 1 saturated heterocycles. The van der Waals surface area contributed by atoms with Crippen molar-refractivity contribution < 1.29 is 18.3 Å². The first-order valence-electron chi connectivity index (χ1n) is 5.94. The Labute approximate surface area is 115 Å². The van der Waals surface area contributed by atoms with Gasteiger partial charge in [-0.25, -0.2) is 5.01 Å². The summed E-state index contributed by atoms with van der Waals surface area (Å²) in [5.41, 5.74) is 3.75. The molecule has 19 heavy (non-hydrogen) atoms. The topological polar surface area (TPSA) is 33.7 Å². The average molecular weight is 293 g/mol. The number of nitrogens with one attached hydrogen (secondary N) is 1. The molecule has 1 aromatic carbocycles. The van der Waals surface area contributed by atoms with E-state index in [4.69, 9.17) is 16.3 Å². The van der Waals surface area contributed by atoms with E-state index < -0.39 is 6.61 Å². The molecule has 106 valence electrons. The number of hydrogen-bond donors (Lipinski definition) is 1. The predicted octanol–water partition coefficient (Wildman–Crippen LogP) is 2.28. The summed E-state index contributed by atoms with van der Waals surface area (Å²) >= 11 is 5.87. The Bertz CT molecular complexity index is 415. The molecule has 0 unspecified atom stereocenters. The number of hydrogen-bond acceptors (Lipinski definition) is 4. The molecule has 1 aliphatic rings. The van der Waals surface area contributed by atoms with Crippen molar-refractivity contribution in [2.75, 3.05) is 26.3 Å². The average Bonchev–Trinajstić information content (AvgIpc) is 2.40. The lowest BCUT2D eigenvalue weighted by atomic mass is 10.2. The summed E-state index contributed by atoms with van der Waals surface area (Å²) in [6.07, 6.45) is 0. The van der Waals surface area contributed by atoms with Crippen LogP contribution in [0.25, 0.3) is 0 Å². The number of hydrazine groups is 1. The fraction of sp³-hybridized carbons (Fsp3) is 0.500. The number of alkyl halides is 2. The van der Waals surface area contributed by atoms with E-state index in [-0.39, 0.29) is 5.75 Å². The van der Waals surface area contributed by atoms with E-state index in [1.165, 1.54) is 12.1 Å². The molecule has 0 saturated carbocycles. The van der Waals surface area contributed by atoms with Crippen LogP contribution in [-0.2, 0) is 11.3 Å². The van der Waals surface area contributed by atoms with Crippen LogP contribution in [-0.4, -0.2) is 37.9 Å². The second-order valence-electron chi connectivity index (χ2n) is 4.06. The molecule has 2 rings (SSSR count). The summed E-state index contributed by atoms with van der Waals surface area (Å²) in [4.78, 5) is 0. The Kier molecular flexibility index (Phi) is 5.33. The van der Waals surface area contributed by atoms with Gasteiger partial charge in [-0.05, 0) is 18.2 Å². The fourth-order valence-electron chi connectivity index (χ4n) is 1.82. The van der Waals surface area contributed by atoms with Crippen LogP contribution < -0.4 is 10.2 Å². The van der Waals surface area contributed by atoms with Crippen molar-refractivity contribution in [1.29, 1.82) is 0 Å². The molecule has 1 N–H and O–H groups in total. The normalized spacial score (nSPS) is 16.8. The molecule has 0 bridgehead atoms. The second kappa shape index (κ2) is 7.00. The minimum atomic E-state index is -2.84. The first-order valence-corrected chi connectivity index (χ1v) is 6.32. The summed E-state index contributed by atoms with van der Waals surface area (Å²) in [6.45, 7) is 0.356. The van der Waals surface area contributed by atoms with Gasteiger partial charge in [0.2, 0.25) is 0 Å². The van der Waals surface area contributed by atoms with Gasteiger partial charge in [0, 0.05) is 30.2 Å². The largest absolute Gasteiger partial charge is 0.434 e. The molecule has 1 aromatic rings. The van der Waals surface area contributed by atoms with Gasteiger partial charge in [0.1, 0.15) is 5.75 Å². The third-order valence-electron chi connectivity index (χ3n) is 2.74. The minimum Gasteiger partial charge on any atom is -0.434 e. The van der Waals surface area contributed by atoms with E-state index in [0.717, 1.165) is 13.1 Å². The Hall–Kier alpha value is -0.950. The monoisotopic (exact) mass is 292 g/mol. The summed E-state index contributed by atoms with van der Waals surface area (Å²) < 4.78 is 34.3. The molecule has 0 radical (unpaired) electrons. The van der Waals surface area contributed by atoms with Crippen molar-refractivity contribution in [3.63, 3.8) is 0 Å². The van der Waals surface area contributed by atoms with Crippen LogP contribution in [0.4, 0.5) is 8.78 Å². The molecular weight excluding hydrogens is 278 g/mol. The maximum atomic E-state index is 12.3. The van der Waals surface area contributed by atoms with Gasteiger partial charge in [-0.3, -0.25) is 5.43 Å². The van der Waals surface area contributed by atoms with Crippen molar-refractivity contribution in [2.24, 2.45) is 0 Å². The van der Waals surface area contributed by atoms with E-state index in [9.17, 15) is 8.78 Å². The van der Waals surface area contributed by atoms with E-state index >= 15 is 0 Å². The van der Waals surface area contributed by atoms with Gasteiger partial charge in [-0.15, -0.1) is 0 Å². The molecule has 0 atom stereocenters. The number of nitrogens with zero attached hydrogens (tertiary/aromatic N) is 1. The second-order valence-corrected chi connectivity index (χ2v) is 4.50. The Balaban J connectivity index is 1.98. The first kappa shape index (κ1) is 14.5. The highest BCUT2D eigenvalue weighted by molar-refractivity contribution is 6.30. The lowest BCUT2D eigenvalue weighted by Gasteiger charge is -2.27. The zero-order chi connectivity index (χ0) is 13.7. The van der Waals surface area contributed by atoms with Crippen molar-refractivity contribution >= 4 is 11.6 Å². The van der Waals surface area contributed by atoms with Crippen molar-refractivity contribution in [3.05, 3.63) is 28.8 Å². The van der Waals surface area contributed by atoms with Gasteiger partial charge in [-0.2, -0.15) is 8.78 Å². The number of rotatable bonds is 5. The minimum absolute atomic E-state index is 0.139. The molecule has 0 spiro atoms. The smallest absolute Gasteiger partial charge is 0.387 e. The van der Waals surface area contributed by atoms with Crippen LogP contribution in [0.3, 0.4) is 0 Å². The van der Waals surface area contributed by atoms with Crippen molar-refractivity contribution in [2.45, 2.75) is 13.2 Å². The fourth-order valence-corrected chi connectivity index (χ4v) is 2.01. The van der Waals surface area contributed by atoms with Crippen LogP contribution in [0.2, 0.25) is 5.02 Å². The first-order chi connectivity index (χ1) is 9.15. The van der Waals surface area contributed by atoms with E-state index in [1.807, 2.05) is 5.01 Å². The summed E-state index contributed by atoms with van der Waals surface area (Å²) in [5, 5.41) is 2.47. The number of halogens is 3. The highest BCUT2D eigenvalue weighted by Gasteiger charge is 2.13. The molecule has 1 aliphatic heterocycles. The number of benzene rings is 1. The lowest BCUT2D eigenvalue weighted by Crippen LogP contribution is -2.45.